The van der Waals surface area contributed by atoms with Gasteiger partial charge in [-0.25, -0.2) is 4.98 Å². The van der Waals surface area contributed by atoms with Gasteiger partial charge in [-0.05, 0) is 32.1 Å². The average Bonchev–Trinajstić information content (AvgIpc) is 3.04. The summed E-state index contributed by atoms with van der Waals surface area (Å²) in [4.78, 5) is 4.28. The summed E-state index contributed by atoms with van der Waals surface area (Å²) in [5.74, 6) is 2.18. The normalized spacial score (nSPS) is 11.2. The maximum Gasteiger partial charge on any atom is 0.195 e. The van der Waals surface area contributed by atoms with Crippen LogP contribution >= 0.6 is 0 Å². The fraction of sp³-hybridized carbons (Fsp3) is 0.267. The topological polar surface area (TPSA) is 51.2 Å². The van der Waals surface area contributed by atoms with Crippen molar-refractivity contribution in [3.8, 4) is 11.5 Å². The Balaban J connectivity index is 1.81. The van der Waals surface area contributed by atoms with Crippen LogP contribution < -0.4 is 5.32 Å². The van der Waals surface area contributed by atoms with Crippen molar-refractivity contribution >= 4 is 11.0 Å². The van der Waals surface area contributed by atoms with E-state index in [1.807, 2.05) is 37.4 Å². The molecule has 0 fully saturated rings. The largest absolute Gasteiger partial charge is 0.453 e. The first-order valence-corrected chi connectivity index (χ1v) is 6.45. The van der Waals surface area contributed by atoms with Crippen molar-refractivity contribution in [2.75, 3.05) is 13.6 Å². The molecule has 0 aliphatic carbocycles. The van der Waals surface area contributed by atoms with Crippen LogP contribution in [0.4, 0.5) is 0 Å². The summed E-state index contributed by atoms with van der Waals surface area (Å²) in [7, 11) is 1.94. The Labute approximate surface area is 111 Å². The first kappa shape index (κ1) is 12.0. The van der Waals surface area contributed by atoms with Gasteiger partial charge in [0, 0.05) is 11.8 Å². The second-order valence-electron chi connectivity index (χ2n) is 4.47. The van der Waals surface area contributed by atoms with Crippen molar-refractivity contribution in [2.45, 2.75) is 12.8 Å². The van der Waals surface area contributed by atoms with E-state index in [1.54, 1.807) is 6.20 Å². The van der Waals surface area contributed by atoms with E-state index in [0.717, 1.165) is 42.0 Å². The Bertz CT molecular complexity index is 636. The number of aryl methyl sites for hydroxylation is 1. The van der Waals surface area contributed by atoms with E-state index >= 15 is 0 Å². The molecule has 19 heavy (non-hydrogen) atoms. The number of nitrogens with one attached hydrogen (secondary N) is 1. The molecule has 1 aromatic carbocycles. The van der Waals surface area contributed by atoms with Crippen LogP contribution in [0, 0.1) is 0 Å². The molecule has 2 aromatic heterocycles. The lowest BCUT2D eigenvalue weighted by Crippen LogP contribution is -2.08. The number of oxazole rings is 1. The first-order valence-electron chi connectivity index (χ1n) is 6.45. The molecule has 0 radical (unpaired) electrons. The van der Waals surface area contributed by atoms with Crippen LogP contribution in [0.3, 0.4) is 0 Å². The number of hydrogen-bond acceptors (Lipinski definition) is 4. The fourth-order valence-electron chi connectivity index (χ4n) is 2.06. The van der Waals surface area contributed by atoms with Gasteiger partial charge in [-0.15, -0.1) is 0 Å². The highest BCUT2D eigenvalue weighted by atomic mass is 16.4. The lowest BCUT2D eigenvalue weighted by Gasteiger charge is -1.95. The third-order valence-corrected chi connectivity index (χ3v) is 3.04. The third kappa shape index (κ3) is 2.53. The zero-order valence-electron chi connectivity index (χ0n) is 10.8. The monoisotopic (exact) mass is 256 g/mol. The van der Waals surface area contributed by atoms with Gasteiger partial charge in [0.15, 0.2) is 17.4 Å². The smallest absolute Gasteiger partial charge is 0.195 e. The molecule has 4 heteroatoms. The van der Waals surface area contributed by atoms with Crippen molar-refractivity contribution in [3.63, 3.8) is 0 Å². The van der Waals surface area contributed by atoms with E-state index in [9.17, 15) is 0 Å². The van der Waals surface area contributed by atoms with E-state index in [1.165, 1.54) is 0 Å². The molecule has 98 valence electrons. The molecule has 0 saturated heterocycles. The van der Waals surface area contributed by atoms with Crippen molar-refractivity contribution in [2.24, 2.45) is 0 Å². The number of furan rings is 1. The maximum absolute atomic E-state index is 5.75. The van der Waals surface area contributed by atoms with Gasteiger partial charge in [0.05, 0.1) is 6.20 Å². The van der Waals surface area contributed by atoms with Gasteiger partial charge in [-0.3, -0.25) is 0 Å². The second-order valence-corrected chi connectivity index (χ2v) is 4.47. The molecule has 0 amide bonds. The summed E-state index contributed by atoms with van der Waals surface area (Å²) in [6.45, 7) is 0.961. The molecule has 0 bridgehead atoms. The van der Waals surface area contributed by atoms with Gasteiger partial charge in [0.25, 0.3) is 0 Å². The van der Waals surface area contributed by atoms with Crippen LogP contribution in [0.1, 0.15) is 12.3 Å². The van der Waals surface area contributed by atoms with Gasteiger partial charge < -0.3 is 14.2 Å². The molecule has 0 aliphatic heterocycles. The number of nitrogens with zero attached hydrogens (tertiary/aromatic N) is 1. The van der Waals surface area contributed by atoms with Gasteiger partial charge in [0.1, 0.15) is 5.58 Å². The minimum atomic E-state index is 0.690. The molecule has 0 saturated carbocycles. The lowest BCUT2D eigenvalue weighted by molar-refractivity contribution is 0.480. The number of hydrogen-bond donors (Lipinski definition) is 1. The number of aromatic nitrogens is 1. The van der Waals surface area contributed by atoms with Gasteiger partial charge in [-0.2, -0.15) is 0 Å². The minimum absolute atomic E-state index is 0.690. The van der Waals surface area contributed by atoms with Crippen LogP contribution in [0.5, 0.6) is 0 Å². The molecule has 3 aromatic rings. The standard InChI is InChI=1S/C15H16N2O2/c1-16-8-4-7-15-17-10-14(19-15)13-9-11-5-2-3-6-12(11)18-13/h2-3,5-6,9-10,16H,4,7-8H2,1H3. The molecule has 3 rings (SSSR count). The number of para-hydroxylation sites is 1. The highest BCUT2D eigenvalue weighted by molar-refractivity contribution is 5.81. The van der Waals surface area contributed by atoms with Crippen molar-refractivity contribution in [1.29, 1.82) is 0 Å². The van der Waals surface area contributed by atoms with E-state index in [2.05, 4.69) is 10.3 Å². The zero-order chi connectivity index (χ0) is 13.1. The summed E-state index contributed by atoms with van der Waals surface area (Å²) < 4.78 is 11.5. The van der Waals surface area contributed by atoms with E-state index in [0.29, 0.717) is 5.76 Å². The zero-order valence-corrected chi connectivity index (χ0v) is 10.8. The molecule has 1 N–H and O–H groups in total. The Morgan fingerprint density at radius 1 is 1.16 bits per heavy atom. The average molecular weight is 256 g/mol. The number of rotatable bonds is 5. The molecule has 0 atom stereocenters. The fourth-order valence-corrected chi connectivity index (χ4v) is 2.06. The Morgan fingerprint density at radius 3 is 2.89 bits per heavy atom. The van der Waals surface area contributed by atoms with Gasteiger partial charge >= 0.3 is 0 Å². The summed E-state index contributed by atoms with van der Waals surface area (Å²) >= 11 is 0. The number of benzene rings is 1. The summed E-state index contributed by atoms with van der Waals surface area (Å²) in [6.07, 6.45) is 3.57. The van der Waals surface area contributed by atoms with Crippen LogP contribution in [-0.4, -0.2) is 18.6 Å². The predicted molar refractivity (Wildman–Crippen MR) is 74.0 cm³/mol. The summed E-state index contributed by atoms with van der Waals surface area (Å²) in [6, 6.07) is 9.90. The quantitative estimate of drug-likeness (QED) is 0.712. The molecule has 4 nitrogen and oxygen atoms in total. The van der Waals surface area contributed by atoms with Gasteiger partial charge in [-0.1, -0.05) is 18.2 Å². The van der Waals surface area contributed by atoms with Crippen molar-refractivity contribution in [1.82, 2.24) is 10.3 Å². The Hall–Kier alpha value is -2.07. The summed E-state index contributed by atoms with van der Waals surface area (Å²) in [5.41, 5.74) is 0.866. The molecular formula is C15H16N2O2. The van der Waals surface area contributed by atoms with E-state index in [4.69, 9.17) is 8.83 Å². The van der Waals surface area contributed by atoms with Crippen molar-refractivity contribution in [3.05, 3.63) is 42.4 Å². The minimum Gasteiger partial charge on any atom is -0.453 e. The third-order valence-electron chi connectivity index (χ3n) is 3.04. The molecule has 0 aliphatic rings. The number of fused-ring (bicyclic) bond motifs is 1. The Kier molecular flexibility index (Phi) is 3.33. The lowest BCUT2D eigenvalue weighted by atomic mass is 10.2. The maximum atomic E-state index is 5.75. The van der Waals surface area contributed by atoms with Crippen molar-refractivity contribution < 1.29 is 8.83 Å². The first-order chi connectivity index (χ1) is 9.36. The van der Waals surface area contributed by atoms with E-state index < -0.39 is 0 Å². The molecular weight excluding hydrogens is 240 g/mol. The van der Waals surface area contributed by atoms with Crippen LogP contribution in [0.2, 0.25) is 0 Å². The highest BCUT2D eigenvalue weighted by Crippen LogP contribution is 2.28. The van der Waals surface area contributed by atoms with Gasteiger partial charge in [0.2, 0.25) is 0 Å². The molecule has 2 heterocycles. The molecule has 0 spiro atoms. The van der Waals surface area contributed by atoms with Crippen LogP contribution in [0.25, 0.3) is 22.5 Å². The summed E-state index contributed by atoms with van der Waals surface area (Å²) in [5, 5.41) is 4.18. The highest BCUT2D eigenvalue weighted by Gasteiger charge is 2.11. The van der Waals surface area contributed by atoms with Crippen LogP contribution in [0.15, 0.2) is 45.4 Å². The SMILES string of the molecule is CNCCCc1ncc(-c2cc3ccccc3o2)o1. The van der Waals surface area contributed by atoms with E-state index in [-0.39, 0.29) is 0 Å². The Morgan fingerprint density at radius 2 is 2.05 bits per heavy atom. The van der Waals surface area contributed by atoms with Crippen LogP contribution in [-0.2, 0) is 6.42 Å². The molecule has 0 unspecified atom stereocenters. The second kappa shape index (κ2) is 5.28. The predicted octanol–water partition coefficient (Wildman–Crippen LogP) is 3.24.